The second-order valence-corrected chi connectivity index (χ2v) is 5.27. The van der Waals surface area contributed by atoms with Crippen LogP contribution in [0, 0.1) is 17.2 Å². The van der Waals surface area contributed by atoms with Gasteiger partial charge in [-0.1, -0.05) is 42.5 Å². The average Bonchev–Trinajstić information content (AvgIpc) is 2.49. The molecule has 1 aliphatic heterocycles. The molecule has 0 saturated carbocycles. The van der Waals surface area contributed by atoms with E-state index in [2.05, 4.69) is 30.3 Å². The van der Waals surface area contributed by atoms with Gasteiger partial charge >= 0.3 is 0 Å². The number of hydrogen-bond donors (Lipinski definition) is 0. The smallest absolute Gasteiger partial charge is 0.224 e. The highest BCUT2D eigenvalue weighted by Crippen LogP contribution is 2.23. The molecule has 100 valence electrons. The zero-order valence-corrected chi connectivity index (χ0v) is 11.2. The summed E-state index contributed by atoms with van der Waals surface area (Å²) in [4.78, 5) is 13.9. The molecule has 3 nitrogen and oxygen atoms in total. The fourth-order valence-electron chi connectivity index (χ4n) is 2.79. The monoisotopic (exact) mass is 264 g/mol. The molecule has 0 radical (unpaired) electrons. The van der Waals surface area contributed by atoms with Gasteiger partial charge in [-0.2, -0.15) is 5.26 Å². The molecule has 0 N–H and O–H groups in total. The Kier molecular flexibility index (Phi) is 3.39. The van der Waals surface area contributed by atoms with Crippen LogP contribution in [0.2, 0.25) is 0 Å². The minimum Gasteiger partial charge on any atom is -0.338 e. The highest BCUT2D eigenvalue weighted by Gasteiger charge is 2.25. The Balaban J connectivity index is 1.84. The van der Waals surface area contributed by atoms with Gasteiger partial charge in [0.2, 0.25) is 5.91 Å². The third-order valence-electron chi connectivity index (χ3n) is 3.94. The minimum atomic E-state index is -0.105. The second-order valence-electron chi connectivity index (χ2n) is 5.27. The molecule has 1 fully saturated rings. The number of nitrogens with zero attached hydrogens (tertiary/aromatic N) is 2. The Morgan fingerprint density at radius 1 is 1.20 bits per heavy atom. The number of nitriles is 1. The maximum atomic E-state index is 12.1. The van der Waals surface area contributed by atoms with Crippen molar-refractivity contribution in [1.29, 1.82) is 5.26 Å². The Bertz CT molecular complexity index is 681. The van der Waals surface area contributed by atoms with Crippen LogP contribution in [0.15, 0.2) is 42.5 Å². The first kappa shape index (κ1) is 12.7. The first-order chi connectivity index (χ1) is 9.78. The van der Waals surface area contributed by atoms with Crippen LogP contribution >= 0.6 is 0 Å². The van der Waals surface area contributed by atoms with E-state index in [4.69, 9.17) is 5.26 Å². The number of piperidine rings is 1. The van der Waals surface area contributed by atoms with Crippen molar-refractivity contribution < 1.29 is 4.79 Å². The number of rotatable bonds is 2. The molecule has 0 bridgehead atoms. The molecule has 0 aromatic heterocycles. The van der Waals surface area contributed by atoms with Crippen molar-refractivity contribution in [2.45, 2.75) is 19.4 Å². The summed E-state index contributed by atoms with van der Waals surface area (Å²) in [5, 5.41) is 11.3. The molecule has 3 rings (SSSR count). The molecule has 1 aliphatic rings. The van der Waals surface area contributed by atoms with E-state index in [1.54, 1.807) is 0 Å². The largest absolute Gasteiger partial charge is 0.338 e. The van der Waals surface area contributed by atoms with E-state index in [1.807, 2.05) is 23.1 Å². The van der Waals surface area contributed by atoms with Gasteiger partial charge in [0.1, 0.15) is 0 Å². The Morgan fingerprint density at radius 3 is 2.80 bits per heavy atom. The molecule has 2 aromatic carbocycles. The van der Waals surface area contributed by atoms with E-state index in [-0.39, 0.29) is 11.8 Å². The van der Waals surface area contributed by atoms with Crippen LogP contribution in [0.1, 0.15) is 18.4 Å². The zero-order chi connectivity index (χ0) is 13.9. The maximum Gasteiger partial charge on any atom is 0.224 e. The number of benzene rings is 2. The van der Waals surface area contributed by atoms with Crippen LogP contribution in [-0.4, -0.2) is 17.4 Å². The van der Waals surface area contributed by atoms with Gasteiger partial charge in [-0.05, 0) is 22.8 Å². The summed E-state index contributed by atoms with van der Waals surface area (Å²) in [6.45, 7) is 1.32. The second kappa shape index (κ2) is 5.34. The molecule has 1 unspecified atom stereocenters. The van der Waals surface area contributed by atoms with E-state index in [0.717, 1.165) is 6.42 Å². The van der Waals surface area contributed by atoms with Gasteiger partial charge in [-0.3, -0.25) is 4.79 Å². The fraction of sp³-hybridized carbons (Fsp3) is 0.294. The molecule has 20 heavy (non-hydrogen) atoms. The lowest BCUT2D eigenvalue weighted by molar-refractivity contribution is -0.134. The first-order valence-corrected chi connectivity index (χ1v) is 6.92. The van der Waals surface area contributed by atoms with Crippen LogP contribution in [0.25, 0.3) is 10.8 Å². The Hall–Kier alpha value is -2.34. The third-order valence-corrected chi connectivity index (χ3v) is 3.94. The van der Waals surface area contributed by atoms with Crippen molar-refractivity contribution in [3.8, 4) is 6.07 Å². The van der Waals surface area contributed by atoms with Crippen molar-refractivity contribution in [2.24, 2.45) is 5.92 Å². The van der Waals surface area contributed by atoms with E-state index >= 15 is 0 Å². The highest BCUT2D eigenvalue weighted by atomic mass is 16.2. The summed E-state index contributed by atoms with van der Waals surface area (Å²) in [5.74, 6) is -0.0120. The van der Waals surface area contributed by atoms with E-state index in [9.17, 15) is 4.79 Å². The highest BCUT2D eigenvalue weighted by molar-refractivity contribution is 5.86. The van der Waals surface area contributed by atoms with Crippen molar-refractivity contribution >= 4 is 16.7 Å². The van der Waals surface area contributed by atoms with Crippen molar-refractivity contribution in [1.82, 2.24) is 4.90 Å². The number of amides is 1. The third kappa shape index (κ3) is 2.37. The Morgan fingerprint density at radius 2 is 2.00 bits per heavy atom. The lowest BCUT2D eigenvalue weighted by atomic mass is 9.97. The molecule has 1 amide bonds. The van der Waals surface area contributed by atoms with Crippen LogP contribution in [0.4, 0.5) is 0 Å². The molecule has 1 heterocycles. The number of fused-ring (bicyclic) bond motifs is 1. The van der Waals surface area contributed by atoms with Crippen molar-refractivity contribution in [3.63, 3.8) is 0 Å². The molecule has 0 aliphatic carbocycles. The van der Waals surface area contributed by atoms with Gasteiger partial charge in [0.15, 0.2) is 0 Å². The first-order valence-electron chi connectivity index (χ1n) is 6.92. The topological polar surface area (TPSA) is 44.1 Å². The van der Waals surface area contributed by atoms with Crippen LogP contribution in [0.3, 0.4) is 0 Å². The van der Waals surface area contributed by atoms with Crippen molar-refractivity contribution in [2.75, 3.05) is 6.54 Å². The molecule has 1 atom stereocenters. The van der Waals surface area contributed by atoms with Gasteiger partial charge < -0.3 is 4.90 Å². The van der Waals surface area contributed by atoms with Gasteiger partial charge in [0.25, 0.3) is 0 Å². The zero-order valence-electron chi connectivity index (χ0n) is 11.2. The molecule has 0 spiro atoms. The quantitative estimate of drug-likeness (QED) is 0.836. The summed E-state index contributed by atoms with van der Waals surface area (Å²) >= 11 is 0. The lowest BCUT2D eigenvalue weighted by Crippen LogP contribution is -2.37. The standard InChI is InChI=1S/C17H16N2O/c18-11-13-8-9-19(17(20)10-13)12-15-6-3-5-14-4-1-2-7-16(14)15/h1-7,13H,8-10,12H2. The Labute approximate surface area is 118 Å². The number of hydrogen-bond acceptors (Lipinski definition) is 2. The van der Waals surface area contributed by atoms with E-state index < -0.39 is 0 Å². The summed E-state index contributed by atoms with van der Waals surface area (Å²) in [6, 6.07) is 16.6. The van der Waals surface area contributed by atoms with Crippen LogP contribution < -0.4 is 0 Å². The van der Waals surface area contributed by atoms with E-state index in [0.29, 0.717) is 19.5 Å². The van der Waals surface area contributed by atoms with Gasteiger partial charge in [0, 0.05) is 19.5 Å². The molecule has 1 saturated heterocycles. The normalized spacial score (nSPS) is 19.1. The van der Waals surface area contributed by atoms with E-state index in [1.165, 1.54) is 16.3 Å². The number of carbonyl (C=O) groups is 1. The summed E-state index contributed by atoms with van der Waals surface area (Å²) in [6.07, 6.45) is 1.15. The number of likely N-dealkylation sites (tertiary alicyclic amines) is 1. The molecular formula is C17H16N2O. The summed E-state index contributed by atoms with van der Waals surface area (Å²) in [5.41, 5.74) is 1.17. The molecule has 2 aromatic rings. The lowest BCUT2D eigenvalue weighted by Gasteiger charge is -2.29. The number of carbonyl (C=O) groups excluding carboxylic acids is 1. The predicted octanol–water partition coefficient (Wildman–Crippen LogP) is 3.10. The van der Waals surface area contributed by atoms with Crippen molar-refractivity contribution in [3.05, 3.63) is 48.0 Å². The minimum absolute atomic E-state index is 0.0933. The van der Waals surface area contributed by atoms with Crippen LogP contribution in [-0.2, 0) is 11.3 Å². The molecular weight excluding hydrogens is 248 g/mol. The van der Waals surface area contributed by atoms with Gasteiger partial charge in [-0.15, -0.1) is 0 Å². The average molecular weight is 264 g/mol. The van der Waals surface area contributed by atoms with Gasteiger partial charge in [0.05, 0.1) is 12.0 Å². The predicted molar refractivity (Wildman–Crippen MR) is 77.7 cm³/mol. The van der Waals surface area contributed by atoms with Gasteiger partial charge in [-0.25, -0.2) is 0 Å². The van der Waals surface area contributed by atoms with Crippen LogP contribution in [0.5, 0.6) is 0 Å². The molecule has 3 heteroatoms. The fourth-order valence-corrected chi connectivity index (χ4v) is 2.79. The summed E-state index contributed by atoms with van der Waals surface area (Å²) in [7, 11) is 0. The SMILES string of the molecule is N#CC1CCN(Cc2cccc3ccccc23)C(=O)C1. The maximum absolute atomic E-state index is 12.1. The summed E-state index contributed by atoms with van der Waals surface area (Å²) < 4.78 is 0.